The summed E-state index contributed by atoms with van der Waals surface area (Å²) < 4.78 is 0.607. The van der Waals surface area contributed by atoms with E-state index in [-0.39, 0.29) is 18.0 Å². The SMILES string of the molecule is CNC1CCN(C(=O)Cc2ccc([N+](=O)[O-])cc2Br)CC1. The number of nitrogens with one attached hydrogen (secondary N) is 1. The lowest BCUT2D eigenvalue weighted by molar-refractivity contribution is -0.384. The maximum atomic E-state index is 12.3. The van der Waals surface area contributed by atoms with Gasteiger partial charge in [0.05, 0.1) is 11.3 Å². The third-order valence-corrected chi connectivity index (χ3v) is 4.58. The molecule has 1 heterocycles. The molecule has 1 aromatic carbocycles. The number of nitro groups is 1. The smallest absolute Gasteiger partial charge is 0.270 e. The van der Waals surface area contributed by atoms with Crippen LogP contribution in [-0.2, 0) is 11.2 Å². The van der Waals surface area contributed by atoms with E-state index < -0.39 is 4.92 Å². The van der Waals surface area contributed by atoms with E-state index in [9.17, 15) is 14.9 Å². The van der Waals surface area contributed by atoms with Gasteiger partial charge in [0, 0.05) is 35.7 Å². The number of amides is 1. The molecule has 6 nitrogen and oxygen atoms in total. The molecule has 7 heteroatoms. The Morgan fingerprint density at radius 3 is 2.67 bits per heavy atom. The summed E-state index contributed by atoms with van der Waals surface area (Å²) in [4.78, 5) is 24.4. The number of piperidine rings is 1. The van der Waals surface area contributed by atoms with Crippen molar-refractivity contribution in [3.63, 3.8) is 0 Å². The van der Waals surface area contributed by atoms with Crippen LogP contribution in [0, 0.1) is 10.1 Å². The van der Waals surface area contributed by atoms with Crippen LogP contribution in [0.25, 0.3) is 0 Å². The molecule has 114 valence electrons. The summed E-state index contributed by atoms with van der Waals surface area (Å²) in [5, 5.41) is 13.9. The minimum atomic E-state index is -0.446. The van der Waals surface area contributed by atoms with Gasteiger partial charge < -0.3 is 10.2 Å². The molecule has 0 spiro atoms. The fourth-order valence-corrected chi connectivity index (χ4v) is 2.99. The van der Waals surface area contributed by atoms with Gasteiger partial charge in [0.15, 0.2) is 0 Å². The Bertz CT molecular complexity index is 542. The third-order valence-electron chi connectivity index (χ3n) is 3.85. The van der Waals surface area contributed by atoms with Crippen LogP contribution in [0.1, 0.15) is 18.4 Å². The molecule has 0 unspecified atom stereocenters. The average molecular weight is 356 g/mol. The summed E-state index contributed by atoms with van der Waals surface area (Å²) in [6, 6.07) is 5.00. The van der Waals surface area contributed by atoms with Crippen LogP contribution >= 0.6 is 15.9 Å². The largest absolute Gasteiger partial charge is 0.342 e. The van der Waals surface area contributed by atoms with Crippen LogP contribution in [0.2, 0.25) is 0 Å². The second-order valence-electron chi connectivity index (χ2n) is 5.15. The highest BCUT2D eigenvalue weighted by Gasteiger charge is 2.22. The van der Waals surface area contributed by atoms with Crippen molar-refractivity contribution in [3.05, 3.63) is 38.3 Å². The van der Waals surface area contributed by atoms with E-state index in [0.717, 1.165) is 31.5 Å². The molecule has 1 aromatic rings. The van der Waals surface area contributed by atoms with Gasteiger partial charge in [-0.25, -0.2) is 0 Å². The Hall–Kier alpha value is -1.47. The fraction of sp³-hybridized carbons (Fsp3) is 0.500. The molecular formula is C14H18BrN3O3. The van der Waals surface area contributed by atoms with Crippen molar-refractivity contribution in [3.8, 4) is 0 Å². The summed E-state index contributed by atoms with van der Waals surface area (Å²) >= 11 is 3.30. The Kier molecular flexibility index (Phi) is 5.30. The van der Waals surface area contributed by atoms with Gasteiger partial charge in [-0.1, -0.05) is 22.0 Å². The number of carbonyl (C=O) groups excluding carboxylic acids is 1. The first-order valence-electron chi connectivity index (χ1n) is 6.89. The average Bonchev–Trinajstić information content (AvgIpc) is 2.49. The molecule has 0 aliphatic carbocycles. The van der Waals surface area contributed by atoms with Crippen LogP contribution in [-0.4, -0.2) is 41.9 Å². The normalized spacial score (nSPS) is 16.0. The van der Waals surface area contributed by atoms with Crippen LogP contribution in [0.15, 0.2) is 22.7 Å². The molecule has 0 radical (unpaired) electrons. The van der Waals surface area contributed by atoms with Crippen molar-refractivity contribution in [2.75, 3.05) is 20.1 Å². The Morgan fingerprint density at radius 1 is 1.48 bits per heavy atom. The number of likely N-dealkylation sites (tertiary alicyclic amines) is 1. The van der Waals surface area contributed by atoms with E-state index in [0.29, 0.717) is 10.5 Å². The second-order valence-corrected chi connectivity index (χ2v) is 6.01. The van der Waals surface area contributed by atoms with E-state index >= 15 is 0 Å². The lowest BCUT2D eigenvalue weighted by Crippen LogP contribution is -2.44. The van der Waals surface area contributed by atoms with Crippen molar-refractivity contribution in [1.29, 1.82) is 0 Å². The van der Waals surface area contributed by atoms with E-state index in [1.54, 1.807) is 6.07 Å². The number of non-ortho nitro benzene ring substituents is 1. The molecule has 1 saturated heterocycles. The maximum absolute atomic E-state index is 12.3. The maximum Gasteiger partial charge on any atom is 0.270 e. The predicted molar refractivity (Wildman–Crippen MR) is 83.2 cm³/mol. The van der Waals surface area contributed by atoms with Gasteiger partial charge in [0.1, 0.15) is 0 Å². The zero-order valence-corrected chi connectivity index (χ0v) is 13.4. The topological polar surface area (TPSA) is 75.5 Å². The summed E-state index contributed by atoms with van der Waals surface area (Å²) in [7, 11) is 1.94. The first-order chi connectivity index (χ1) is 10.0. The van der Waals surface area contributed by atoms with Gasteiger partial charge in [-0.15, -0.1) is 0 Å². The summed E-state index contributed by atoms with van der Waals surface area (Å²) in [5.41, 5.74) is 0.800. The van der Waals surface area contributed by atoms with Crippen molar-refractivity contribution in [2.24, 2.45) is 0 Å². The van der Waals surface area contributed by atoms with Crippen LogP contribution in [0.3, 0.4) is 0 Å². The summed E-state index contributed by atoms with van der Waals surface area (Å²) in [6.45, 7) is 1.52. The highest BCUT2D eigenvalue weighted by Crippen LogP contribution is 2.24. The monoisotopic (exact) mass is 355 g/mol. The molecular weight excluding hydrogens is 338 g/mol. The number of halogens is 1. The molecule has 0 atom stereocenters. The Balaban J connectivity index is 1.98. The predicted octanol–water partition coefficient (Wildman–Crippen LogP) is 2.11. The molecule has 0 aromatic heterocycles. The van der Waals surface area contributed by atoms with E-state index in [4.69, 9.17) is 0 Å². The fourth-order valence-electron chi connectivity index (χ4n) is 2.49. The van der Waals surface area contributed by atoms with Crippen molar-refractivity contribution in [2.45, 2.75) is 25.3 Å². The number of benzene rings is 1. The molecule has 2 rings (SSSR count). The number of nitro benzene ring substituents is 1. The van der Waals surface area contributed by atoms with Gasteiger partial charge in [-0.2, -0.15) is 0 Å². The number of rotatable bonds is 4. The molecule has 21 heavy (non-hydrogen) atoms. The zero-order valence-electron chi connectivity index (χ0n) is 11.8. The lowest BCUT2D eigenvalue weighted by Gasteiger charge is -2.32. The van der Waals surface area contributed by atoms with Crippen molar-refractivity contribution < 1.29 is 9.72 Å². The highest BCUT2D eigenvalue weighted by molar-refractivity contribution is 9.10. The van der Waals surface area contributed by atoms with Crippen LogP contribution in [0.5, 0.6) is 0 Å². The summed E-state index contributed by atoms with van der Waals surface area (Å²) in [5.74, 6) is 0.0686. The van der Waals surface area contributed by atoms with Gasteiger partial charge in [0.25, 0.3) is 5.69 Å². The summed E-state index contributed by atoms with van der Waals surface area (Å²) in [6.07, 6.45) is 2.19. The van der Waals surface area contributed by atoms with E-state index in [1.807, 2.05) is 11.9 Å². The Morgan fingerprint density at radius 2 is 2.14 bits per heavy atom. The molecule has 1 aliphatic heterocycles. The first-order valence-corrected chi connectivity index (χ1v) is 7.68. The number of nitrogens with zero attached hydrogens (tertiary/aromatic N) is 2. The Labute approximate surface area is 131 Å². The molecule has 0 saturated carbocycles. The zero-order chi connectivity index (χ0) is 15.4. The van der Waals surface area contributed by atoms with Crippen molar-refractivity contribution in [1.82, 2.24) is 10.2 Å². The number of hydrogen-bond acceptors (Lipinski definition) is 4. The van der Waals surface area contributed by atoms with Crippen LogP contribution in [0.4, 0.5) is 5.69 Å². The first kappa shape index (κ1) is 15.9. The van der Waals surface area contributed by atoms with E-state index in [2.05, 4.69) is 21.2 Å². The highest BCUT2D eigenvalue weighted by atomic mass is 79.9. The molecule has 1 amide bonds. The quantitative estimate of drug-likeness (QED) is 0.662. The van der Waals surface area contributed by atoms with Crippen molar-refractivity contribution >= 4 is 27.5 Å². The number of carbonyl (C=O) groups is 1. The second kappa shape index (κ2) is 7.00. The molecule has 0 bridgehead atoms. The van der Waals surface area contributed by atoms with Gasteiger partial charge in [0.2, 0.25) is 5.91 Å². The lowest BCUT2D eigenvalue weighted by atomic mass is 10.0. The third kappa shape index (κ3) is 4.01. The number of hydrogen-bond donors (Lipinski definition) is 1. The van der Waals surface area contributed by atoms with Gasteiger partial charge in [-0.3, -0.25) is 14.9 Å². The minimum Gasteiger partial charge on any atom is -0.342 e. The molecule has 1 aliphatic rings. The standard InChI is InChI=1S/C14H18BrN3O3/c1-16-11-4-6-17(7-5-11)14(19)8-10-2-3-12(18(20)21)9-13(10)15/h2-3,9,11,16H,4-8H2,1H3. The van der Waals surface area contributed by atoms with Crippen LogP contribution < -0.4 is 5.32 Å². The minimum absolute atomic E-state index is 0.0212. The molecule has 1 fully saturated rings. The van der Waals surface area contributed by atoms with Gasteiger partial charge >= 0.3 is 0 Å². The van der Waals surface area contributed by atoms with Gasteiger partial charge in [-0.05, 0) is 25.5 Å². The van der Waals surface area contributed by atoms with E-state index in [1.165, 1.54) is 12.1 Å². The molecule has 1 N–H and O–H groups in total.